The van der Waals surface area contributed by atoms with Gasteiger partial charge in [0.15, 0.2) is 0 Å². The molecule has 1 atom stereocenters. The van der Waals surface area contributed by atoms with Crippen molar-refractivity contribution in [3.05, 3.63) is 102 Å². The van der Waals surface area contributed by atoms with Gasteiger partial charge in [-0.05, 0) is 99.7 Å². The molecule has 4 aromatic rings. The molecule has 11 nitrogen and oxygen atoms in total. The number of benzene rings is 3. The van der Waals surface area contributed by atoms with E-state index in [-0.39, 0.29) is 35.8 Å². The summed E-state index contributed by atoms with van der Waals surface area (Å²) in [5.41, 5.74) is 3.87. The molecule has 58 heavy (non-hydrogen) atoms. The van der Waals surface area contributed by atoms with E-state index in [1.807, 2.05) is 49.5 Å². The number of rotatable bonds is 10. The highest BCUT2D eigenvalue weighted by Crippen LogP contribution is 2.40. The Morgan fingerprint density at radius 2 is 1.57 bits per heavy atom. The maximum Gasteiger partial charge on any atom is 0.234 e. The first-order valence-corrected chi connectivity index (χ1v) is 21.0. The Bertz CT molecular complexity index is 2090. The number of carbonyl (C=O) groups excluding carboxylic acids is 3. The van der Waals surface area contributed by atoms with Crippen LogP contribution in [0.5, 0.6) is 5.75 Å². The summed E-state index contributed by atoms with van der Waals surface area (Å²) in [4.78, 5) is 47.7. The van der Waals surface area contributed by atoms with E-state index in [0.717, 1.165) is 81.8 Å². The molecule has 4 saturated heterocycles. The number of carbonyl (C=O) groups is 3. The van der Waals surface area contributed by atoms with Crippen molar-refractivity contribution in [2.45, 2.75) is 75.2 Å². The minimum absolute atomic E-state index is 0.168. The Labute approximate surface area is 340 Å². The standard InChI is InChI=1S/C46H54FN7O4/c1-51(45(58)46(33-7-3-2-4-8-33)20-27-54(28-21-46)36-30-41(50-48-31-36)39-9-5-6-10-42(39)55)34-18-23-52(24-19-34)22-15-32-16-25-53(26-17-32)35-11-12-37(40(47)29-35)38-13-14-43(56)49-44(38)57/h2-12,29-32,34,38,55H,13-28H2,1H3,(H,49,56,57)/t38-/m1/s1. The predicted molar refractivity (Wildman–Crippen MR) is 222 cm³/mol. The molecule has 0 radical (unpaired) electrons. The number of piperidine rings is 4. The van der Waals surface area contributed by atoms with Gasteiger partial charge in [-0.3, -0.25) is 19.7 Å². The lowest BCUT2D eigenvalue weighted by molar-refractivity contribution is -0.140. The topological polar surface area (TPSA) is 122 Å². The highest BCUT2D eigenvalue weighted by molar-refractivity contribution is 6.01. The van der Waals surface area contributed by atoms with Crippen LogP contribution in [0.15, 0.2) is 85.1 Å². The van der Waals surface area contributed by atoms with Crippen molar-refractivity contribution >= 4 is 29.1 Å². The van der Waals surface area contributed by atoms with Crippen molar-refractivity contribution < 1.29 is 23.9 Å². The number of nitrogens with one attached hydrogen (secondary N) is 1. The molecule has 12 heteroatoms. The molecule has 3 aromatic carbocycles. The van der Waals surface area contributed by atoms with Gasteiger partial charge in [-0.2, -0.15) is 10.2 Å². The number of likely N-dealkylation sites (N-methyl/N-ethyl adjacent to an activating group) is 1. The van der Waals surface area contributed by atoms with Gasteiger partial charge >= 0.3 is 0 Å². The van der Waals surface area contributed by atoms with Crippen molar-refractivity contribution in [2.24, 2.45) is 5.92 Å². The fourth-order valence-electron chi connectivity index (χ4n) is 9.75. The van der Waals surface area contributed by atoms with E-state index in [2.05, 4.69) is 47.2 Å². The van der Waals surface area contributed by atoms with Crippen LogP contribution >= 0.6 is 0 Å². The average Bonchev–Trinajstić information content (AvgIpc) is 3.26. The van der Waals surface area contributed by atoms with Crippen LogP contribution in [-0.2, 0) is 19.8 Å². The molecule has 4 aliphatic rings. The molecule has 304 valence electrons. The van der Waals surface area contributed by atoms with E-state index in [9.17, 15) is 19.5 Å². The molecule has 2 N–H and O–H groups in total. The molecule has 0 saturated carbocycles. The number of nitrogens with zero attached hydrogens (tertiary/aromatic N) is 6. The number of aromatic nitrogens is 2. The number of phenols is 1. The molecule has 5 heterocycles. The van der Waals surface area contributed by atoms with E-state index in [4.69, 9.17) is 0 Å². The monoisotopic (exact) mass is 787 g/mol. The lowest BCUT2D eigenvalue weighted by Crippen LogP contribution is -2.56. The number of hydrogen-bond donors (Lipinski definition) is 2. The normalized spacial score (nSPS) is 20.8. The Kier molecular flexibility index (Phi) is 11.7. The van der Waals surface area contributed by atoms with Crippen LogP contribution in [-0.4, -0.2) is 102 Å². The fourth-order valence-corrected chi connectivity index (χ4v) is 9.75. The first-order chi connectivity index (χ1) is 28.2. The first-order valence-electron chi connectivity index (χ1n) is 21.0. The maximum absolute atomic E-state index is 15.2. The molecule has 3 amide bonds. The number of likely N-dealkylation sites (tertiary alicyclic amines) is 1. The summed E-state index contributed by atoms with van der Waals surface area (Å²) in [7, 11) is 2.01. The van der Waals surface area contributed by atoms with Crippen molar-refractivity contribution in [3.8, 4) is 17.0 Å². The summed E-state index contributed by atoms with van der Waals surface area (Å²) in [6.45, 7) is 6.13. The Morgan fingerprint density at radius 3 is 2.28 bits per heavy atom. The van der Waals surface area contributed by atoms with Crippen molar-refractivity contribution in [2.75, 3.05) is 62.7 Å². The van der Waals surface area contributed by atoms with Crippen molar-refractivity contribution in [1.82, 2.24) is 25.3 Å². The summed E-state index contributed by atoms with van der Waals surface area (Å²) >= 11 is 0. The number of amides is 3. The average molecular weight is 788 g/mol. The van der Waals surface area contributed by atoms with E-state index >= 15 is 4.39 Å². The van der Waals surface area contributed by atoms with E-state index in [1.165, 1.54) is 0 Å². The van der Waals surface area contributed by atoms with Gasteiger partial charge in [-0.15, -0.1) is 0 Å². The number of anilines is 2. The van der Waals surface area contributed by atoms with Crippen LogP contribution in [0.2, 0.25) is 0 Å². The highest BCUT2D eigenvalue weighted by Gasteiger charge is 2.46. The smallest absolute Gasteiger partial charge is 0.234 e. The second kappa shape index (κ2) is 17.2. The maximum atomic E-state index is 15.2. The SMILES string of the molecule is CN(C(=O)C1(c2ccccc2)CCN(c2cnnc(-c3ccccc3O)c2)CC1)C1CCN(CCC2CCN(c3ccc([C@H]4CCC(=O)NC4=O)c(F)c3)CC2)CC1. The summed E-state index contributed by atoms with van der Waals surface area (Å²) < 4.78 is 15.2. The molecular formula is C46H54FN7O4. The third-order valence-electron chi connectivity index (χ3n) is 13.4. The molecular weight excluding hydrogens is 734 g/mol. The van der Waals surface area contributed by atoms with E-state index in [1.54, 1.807) is 30.5 Å². The summed E-state index contributed by atoms with van der Waals surface area (Å²) in [5.74, 6) is -0.734. The first kappa shape index (κ1) is 39.5. The zero-order chi connectivity index (χ0) is 40.2. The van der Waals surface area contributed by atoms with Crippen LogP contribution in [0.3, 0.4) is 0 Å². The number of aromatic hydroxyl groups is 1. The minimum Gasteiger partial charge on any atom is -0.507 e. The van der Waals surface area contributed by atoms with E-state index < -0.39 is 17.2 Å². The third-order valence-corrected chi connectivity index (χ3v) is 13.4. The molecule has 4 fully saturated rings. The van der Waals surface area contributed by atoms with Gasteiger partial charge in [0.05, 0.1) is 28.9 Å². The van der Waals surface area contributed by atoms with Gasteiger partial charge in [-0.1, -0.05) is 48.5 Å². The zero-order valence-electron chi connectivity index (χ0n) is 33.4. The van der Waals surface area contributed by atoms with Gasteiger partial charge in [-0.25, -0.2) is 4.39 Å². The summed E-state index contributed by atoms with van der Waals surface area (Å²) in [6, 6.07) is 24.8. The van der Waals surface area contributed by atoms with Gasteiger partial charge in [0, 0.05) is 75.6 Å². The highest BCUT2D eigenvalue weighted by atomic mass is 19.1. The second-order valence-corrected chi connectivity index (χ2v) is 16.7. The minimum atomic E-state index is -0.622. The number of phenolic OH excluding ortho intramolecular Hbond substituents is 1. The molecule has 0 aliphatic carbocycles. The van der Waals surface area contributed by atoms with E-state index in [0.29, 0.717) is 55.1 Å². The van der Waals surface area contributed by atoms with Gasteiger partial charge in [0.1, 0.15) is 11.6 Å². The Morgan fingerprint density at radius 1 is 0.862 bits per heavy atom. The molecule has 1 aromatic heterocycles. The molecule has 0 spiro atoms. The van der Waals surface area contributed by atoms with Crippen LogP contribution in [0.1, 0.15) is 74.8 Å². The van der Waals surface area contributed by atoms with Crippen LogP contribution in [0.4, 0.5) is 15.8 Å². The molecule has 8 rings (SSSR count). The third kappa shape index (κ3) is 8.30. The van der Waals surface area contributed by atoms with Gasteiger partial charge in [0.2, 0.25) is 17.7 Å². The second-order valence-electron chi connectivity index (χ2n) is 16.7. The lowest BCUT2D eigenvalue weighted by atomic mass is 9.71. The summed E-state index contributed by atoms with van der Waals surface area (Å²) in [6.07, 6.45) is 8.86. The predicted octanol–water partition coefficient (Wildman–Crippen LogP) is 6.28. The van der Waals surface area contributed by atoms with Crippen molar-refractivity contribution in [3.63, 3.8) is 0 Å². The lowest BCUT2D eigenvalue weighted by Gasteiger charge is -2.46. The van der Waals surface area contributed by atoms with Crippen LogP contribution < -0.4 is 15.1 Å². The Balaban J connectivity index is 0.823. The molecule has 0 bridgehead atoms. The molecule has 4 aliphatic heterocycles. The number of halogens is 1. The number of hydrogen-bond acceptors (Lipinski definition) is 9. The Hall–Kier alpha value is -5.36. The zero-order valence-corrected chi connectivity index (χ0v) is 33.4. The number of imide groups is 1. The largest absolute Gasteiger partial charge is 0.507 e. The molecule has 0 unspecified atom stereocenters. The van der Waals surface area contributed by atoms with Gasteiger partial charge < -0.3 is 24.7 Å². The van der Waals surface area contributed by atoms with Crippen molar-refractivity contribution in [1.29, 1.82) is 0 Å². The number of para-hydroxylation sites is 1. The van der Waals surface area contributed by atoms with Crippen LogP contribution in [0, 0.1) is 11.7 Å². The quantitative estimate of drug-likeness (QED) is 0.179. The fraction of sp³-hybridized carbons (Fsp3) is 0.457. The van der Waals surface area contributed by atoms with Gasteiger partial charge in [0.25, 0.3) is 0 Å². The summed E-state index contributed by atoms with van der Waals surface area (Å²) in [5, 5.41) is 21.3. The van der Waals surface area contributed by atoms with Crippen LogP contribution in [0.25, 0.3) is 11.3 Å².